The van der Waals surface area contributed by atoms with Gasteiger partial charge in [0.05, 0.1) is 0 Å². The molecule has 0 aliphatic rings. The fourth-order valence-electron chi connectivity index (χ4n) is 1.60. The number of ether oxygens (including phenoxy) is 1. The van der Waals surface area contributed by atoms with E-state index in [0.29, 0.717) is 11.4 Å². The van der Waals surface area contributed by atoms with Crippen LogP contribution in [0.1, 0.15) is 15.9 Å². The minimum Gasteiger partial charge on any atom is -0.489 e. The lowest BCUT2D eigenvalue weighted by Gasteiger charge is -2.08. The van der Waals surface area contributed by atoms with Crippen LogP contribution in [0.2, 0.25) is 0 Å². The van der Waals surface area contributed by atoms with Gasteiger partial charge in [-0.15, -0.1) is 0 Å². The standard InChI is InChI=1S/C14H13FN2O2/c15-13-5-4-9(14(17)18)6-10(13)8-19-12-3-1-2-11(16)7-12/h1-7H,8,16H2,(H2,17,18). The molecule has 2 aromatic carbocycles. The zero-order valence-electron chi connectivity index (χ0n) is 10.1. The number of anilines is 1. The first kappa shape index (κ1) is 12.9. The number of hydrogen-bond acceptors (Lipinski definition) is 3. The van der Waals surface area contributed by atoms with Crippen LogP contribution in [-0.2, 0) is 6.61 Å². The molecule has 5 heteroatoms. The molecule has 4 nitrogen and oxygen atoms in total. The molecule has 0 saturated carbocycles. The summed E-state index contributed by atoms with van der Waals surface area (Å²) in [5.41, 5.74) is 11.8. The number of nitrogens with two attached hydrogens (primary N) is 2. The van der Waals surface area contributed by atoms with Crippen molar-refractivity contribution in [3.63, 3.8) is 0 Å². The third-order valence-corrected chi connectivity index (χ3v) is 2.58. The molecule has 98 valence electrons. The van der Waals surface area contributed by atoms with Crippen LogP contribution in [-0.4, -0.2) is 5.91 Å². The van der Waals surface area contributed by atoms with Gasteiger partial charge < -0.3 is 16.2 Å². The molecule has 0 heterocycles. The van der Waals surface area contributed by atoms with Gasteiger partial charge in [0, 0.05) is 22.9 Å². The average molecular weight is 260 g/mol. The van der Waals surface area contributed by atoms with E-state index < -0.39 is 11.7 Å². The molecular formula is C14H13FN2O2. The summed E-state index contributed by atoms with van der Waals surface area (Å²) in [5, 5.41) is 0. The van der Waals surface area contributed by atoms with E-state index in [2.05, 4.69) is 0 Å². The maximum absolute atomic E-state index is 13.6. The number of nitrogen functional groups attached to an aromatic ring is 1. The molecule has 0 aliphatic heterocycles. The zero-order valence-corrected chi connectivity index (χ0v) is 10.1. The van der Waals surface area contributed by atoms with Crippen LogP contribution < -0.4 is 16.2 Å². The Morgan fingerprint density at radius 3 is 2.68 bits per heavy atom. The number of rotatable bonds is 4. The predicted octanol–water partition coefficient (Wildman–Crippen LogP) is 2.09. The van der Waals surface area contributed by atoms with E-state index in [1.165, 1.54) is 18.2 Å². The van der Waals surface area contributed by atoms with Gasteiger partial charge in [-0.3, -0.25) is 4.79 Å². The van der Waals surface area contributed by atoms with E-state index >= 15 is 0 Å². The van der Waals surface area contributed by atoms with Crippen molar-refractivity contribution in [1.82, 2.24) is 0 Å². The molecule has 0 fully saturated rings. The molecule has 0 bridgehead atoms. The number of halogens is 1. The third-order valence-electron chi connectivity index (χ3n) is 2.58. The zero-order chi connectivity index (χ0) is 13.8. The minimum atomic E-state index is -0.606. The van der Waals surface area contributed by atoms with Crippen LogP contribution in [0.5, 0.6) is 5.75 Å². The average Bonchev–Trinajstić information content (AvgIpc) is 2.37. The van der Waals surface area contributed by atoms with Crippen LogP contribution >= 0.6 is 0 Å². The molecule has 19 heavy (non-hydrogen) atoms. The van der Waals surface area contributed by atoms with Crippen LogP contribution in [0, 0.1) is 5.82 Å². The molecule has 0 unspecified atom stereocenters. The lowest BCUT2D eigenvalue weighted by atomic mass is 10.1. The second-order valence-electron chi connectivity index (χ2n) is 4.03. The van der Waals surface area contributed by atoms with Gasteiger partial charge in [0.15, 0.2) is 0 Å². The van der Waals surface area contributed by atoms with E-state index in [9.17, 15) is 9.18 Å². The van der Waals surface area contributed by atoms with Gasteiger partial charge in [-0.05, 0) is 30.3 Å². The fraction of sp³-hybridized carbons (Fsp3) is 0.0714. The summed E-state index contributed by atoms with van der Waals surface area (Å²) in [5.74, 6) is -0.525. The van der Waals surface area contributed by atoms with Gasteiger partial charge in [-0.1, -0.05) is 6.07 Å². The van der Waals surface area contributed by atoms with E-state index in [1.54, 1.807) is 24.3 Å². The summed E-state index contributed by atoms with van der Waals surface area (Å²) in [6.45, 7) is -0.00356. The molecule has 4 N–H and O–H groups in total. The van der Waals surface area contributed by atoms with Gasteiger partial charge in [-0.25, -0.2) is 4.39 Å². The third kappa shape index (κ3) is 3.22. The number of carbonyl (C=O) groups excluding carboxylic acids is 1. The summed E-state index contributed by atoms with van der Waals surface area (Å²) in [6, 6.07) is 10.7. The van der Waals surface area contributed by atoms with E-state index in [4.69, 9.17) is 16.2 Å². The Labute approximate surface area is 109 Å². The van der Waals surface area contributed by atoms with Crippen molar-refractivity contribution in [3.8, 4) is 5.75 Å². The summed E-state index contributed by atoms with van der Waals surface area (Å²) in [6.07, 6.45) is 0. The summed E-state index contributed by atoms with van der Waals surface area (Å²) in [4.78, 5) is 11.0. The van der Waals surface area contributed by atoms with Crippen molar-refractivity contribution >= 4 is 11.6 Å². The van der Waals surface area contributed by atoms with Crippen molar-refractivity contribution in [3.05, 3.63) is 59.4 Å². The Morgan fingerprint density at radius 2 is 2.00 bits per heavy atom. The molecule has 0 spiro atoms. The number of hydrogen-bond donors (Lipinski definition) is 2. The number of amides is 1. The number of carbonyl (C=O) groups is 1. The Balaban J connectivity index is 2.15. The largest absolute Gasteiger partial charge is 0.489 e. The molecule has 1 amide bonds. The quantitative estimate of drug-likeness (QED) is 0.826. The monoisotopic (exact) mass is 260 g/mol. The normalized spacial score (nSPS) is 10.2. The topological polar surface area (TPSA) is 78.3 Å². The predicted molar refractivity (Wildman–Crippen MR) is 70.1 cm³/mol. The molecule has 0 aromatic heterocycles. The summed E-state index contributed by atoms with van der Waals surface area (Å²) >= 11 is 0. The number of primary amides is 1. The van der Waals surface area contributed by atoms with Gasteiger partial charge in [-0.2, -0.15) is 0 Å². The van der Waals surface area contributed by atoms with E-state index in [-0.39, 0.29) is 17.7 Å². The van der Waals surface area contributed by atoms with Crippen LogP contribution in [0.15, 0.2) is 42.5 Å². The van der Waals surface area contributed by atoms with E-state index in [1.807, 2.05) is 0 Å². The van der Waals surface area contributed by atoms with Crippen molar-refractivity contribution in [2.75, 3.05) is 5.73 Å². The highest BCUT2D eigenvalue weighted by molar-refractivity contribution is 5.92. The maximum atomic E-state index is 13.6. The molecule has 2 rings (SSSR count). The summed E-state index contributed by atoms with van der Waals surface area (Å²) in [7, 11) is 0. The Bertz CT molecular complexity index is 614. The first-order chi connectivity index (χ1) is 9.06. The second-order valence-corrected chi connectivity index (χ2v) is 4.03. The molecule has 0 aliphatic carbocycles. The van der Waals surface area contributed by atoms with Crippen molar-refractivity contribution in [2.24, 2.45) is 5.73 Å². The first-order valence-corrected chi connectivity index (χ1v) is 5.63. The maximum Gasteiger partial charge on any atom is 0.248 e. The van der Waals surface area contributed by atoms with Gasteiger partial charge >= 0.3 is 0 Å². The van der Waals surface area contributed by atoms with Crippen LogP contribution in [0.25, 0.3) is 0 Å². The molecule has 0 atom stereocenters. The van der Waals surface area contributed by atoms with Crippen molar-refractivity contribution in [1.29, 1.82) is 0 Å². The number of benzene rings is 2. The summed E-state index contributed by atoms with van der Waals surface area (Å²) < 4.78 is 19.0. The molecule has 0 saturated heterocycles. The lowest BCUT2D eigenvalue weighted by Crippen LogP contribution is -2.12. The Hall–Kier alpha value is -2.56. The highest BCUT2D eigenvalue weighted by atomic mass is 19.1. The van der Waals surface area contributed by atoms with Gasteiger partial charge in [0.1, 0.15) is 18.2 Å². The Morgan fingerprint density at radius 1 is 1.21 bits per heavy atom. The van der Waals surface area contributed by atoms with Crippen LogP contribution in [0.4, 0.5) is 10.1 Å². The van der Waals surface area contributed by atoms with Gasteiger partial charge in [0.25, 0.3) is 0 Å². The molecular weight excluding hydrogens is 247 g/mol. The van der Waals surface area contributed by atoms with Crippen LogP contribution in [0.3, 0.4) is 0 Å². The molecule has 2 aromatic rings. The highest BCUT2D eigenvalue weighted by Gasteiger charge is 2.08. The Kier molecular flexibility index (Phi) is 3.66. The van der Waals surface area contributed by atoms with Crippen molar-refractivity contribution in [2.45, 2.75) is 6.61 Å². The van der Waals surface area contributed by atoms with E-state index in [0.717, 1.165) is 0 Å². The smallest absolute Gasteiger partial charge is 0.248 e. The fourth-order valence-corrected chi connectivity index (χ4v) is 1.60. The minimum absolute atomic E-state index is 0.00356. The van der Waals surface area contributed by atoms with Crippen molar-refractivity contribution < 1.29 is 13.9 Å². The lowest BCUT2D eigenvalue weighted by molar-refractivity contribution is 0.1000. The first-order valence-electron chi connectivity index (χ1n) is 5.63. The highest BCUT2D eigenvalue weighted by Crippen LogP contribution is 2.18. The van der Waals surface area contributed by atoms with Gasteiger partial charge in [0.2, 0.25) is 5.91 Å². The second kappa shape index (κ2) is 5.39. The molecule has 0 radical (unpaired) electrons. The SMILES string of the molecule is NC(=O)c1ccc(F)c(COc2cccc(N)c2)c1.